The lowest BCUT2D eigenvalue weighted by atomic mass is 10.3. The molecule has 2 aromatic rings. The molecule has 0 saturated carbocycles. The number of thiazole rings is 1. The number of halogens is 1. The van der Waals surface area contributed by atoms with Crippen molar-refractivity contribution in [2.45, 2.75) is 24.4 Å². The fourth-order valence-electron chi connectivity index (χ4n) is 2.44. The predicted octanol–water partition coefficient (Wildman–Crippen LogP) is 1.97. The van der Waals surface area contributed by atoms with Crippen molar-refractivity contribution in [3.63, 3.8) is 0 Å². The second kappa shape index (κ2) is 7.40. The quantitative estimate of drug-likeness (QED) is 0.829. The van der Waals surface area contributed by atoms with Gasteiger partial charge in [0, 0.05) is 11.1 Å². The van der Waals surface area contributed by atoms with E-state index >= 15 is 0 Å². The van der Waals surface area contributed by atoms with Crippen LogP contribution in [-0.2, 0) is 21.4 Å². The highest BCUT2D eigenvalue weighted by atomic mass is 32.2. The van der Waals surface area contributed by atoms with Gasteiger partial charge in [-0.1, -0.05) is 12.1 Å². The first-order valence-corrected chi connectivity index (χ1v) is 10.9. The van der Waals surface area contributed by atoms with Gasteiger partial charge < -0.3 is 5.32 Å². The van der Waals surface area contributed by atoms with E-state index in [1.807, 2.05) is 12.3 Å². The fourth-order valence-corrected chi connectivity index (χ4v) is 6.26. The van der Waals surface area contributed by atoms with Crippen LogP contribution >= 0.6 is 23.1 Å². The lowest BCUT2D eigenvalue weighted by molar-refractivity contribution is -0.124. The number of carbonyl (C=O) groups excluding carboxylic acids is 1. The number of nitrogens with one attached hydrogen (secondary N) is 1. The standard InChI is InChI=1S/C15H16FN3O3S3/c1-10-18-11(7-24-10)6-17-15(20)13-8-23-9-19(13)25(21,22)14-5-3-2-4-12(14)16/h2-5,7,13H,6,8-9H2,1H3,(H,17,20)/t13-/m1/s1. The van der Waals surface area contributed by atoms with E-state index in [0.29, 0.717) is 5.75 Å². The maximum Gasteiger partial charge on any atom is 0.247 e. The SMILES string of the molecule is Cc1nc(CNC(=O)[C@H]2CSCN2S(=O)(=O)c2ccccc2F)cs1. The molecule has 1 saturated heterocycles. The highest BCUT2D eigenvalue weighted by Crippen LogP contribution is 2.29. The van der Waals surface area contributed by atoms with E-state index in [4.69, 9.17) is 0 Å². The number of aryl methyl sites for hydroxylation is 1. The zero-order valence-electron chi connectivity index (χ0n) is 13.3. The van der Waals surface area contributed by atoms with Crippen LogP contribution in [0.25, 0.3) is 0 Å². The zero-order chi connectivity index (χ0) is 18.0. The second-order valence-electron chi connectivity index (χ2n) is 5.41. The molecule has 0 unspecified atom stereocenters. The molecule has 0 aliphatic carbocycles. The largest absolute Gasteiger partial charge is 0.349 e. The third kappa shape index (κ3) is 3.86. The summed E-state index contributed by atoms with van der Waals surface area (Å²) in [7, 11) is -4.08. The zero-order valence-corrected chi connectivity index (χ0v) is 15.8. The first-order chi connectivity index (χ1) is 11.9. The Morgan fingerprint density at radius 1 is 1.44 bits per heavy atom. The third-order valence-corrected chi connectivity index (χ3v) is 7.56. The van der Waals surface area contributed by atoms with E-state index in [-0.39, 0.29) is 12.4 Å². The molecular weight excluding hydrogens is 385 g/mol. The molecule has 6 nitrogen and oxygen atoms in total. The van der Waals surface area contributed by atoms with Crippen LogP contribution in [0.1, 0.15) is 10.7 Å². The lowest BCUT2D eigenvalue weighted by Gasteiger charge is -2.22. The summed E-state index contributed by atoms with van der Waals surface area (Å²) in [4.78, 5) is 16.3. The minimum atomic E-state index is -4.08. The van der Waals surface area contributed by atoms with Gasteiger partial charge in [-0.25, -0.2) is 17.8 Å². The smallest absolute Gasteiger partial charge is 0.247 e. The summed E-state index contributed by atoms with van der Waals surface area (Å²) in [6, 6.07) is 4.32. The van der Waals surface area contributed by atoms with Crippen LogP contribution in [0.3, 0.4) is 0 Å². The van der Waals surface area contributed by atoms with Crippen LogP contribution in [-0.4, -0.2) is 41.3 Å². The van der Waals surface area contributed by atoms with Crippen LogP contribution < -0.4 is 5.32 Å². The van der Waals surface area contributed by atoms with Gasteiger partial charge in [0.25, 0.3) is 0 Å². The number of nitrogens with zero attached hydrogens (tertiary/aromatic N) is 2. The molecule has 134 valence electrons. The minimum Gasteiger partial charge on any atom is -0.349 e. The molecule has 1 fully saturated rings. The molecule has 0 bridgehead atoms. The number of rotatable bonds is 5. The Balaban J connectivity index is 1.75. The summed E-state index contributed by atoms with van der Waals surface area (Å²) < 4.78 is 40.4. The van der Waals surface area contributed by atoms with Crippen molar-refractivity contribution in [1.29, 1.82) is 0 Å². The first kappa shape index (κ1) is 18.3. The van der Waals surface area contributed by atoms with Gasteiger partial charge in [-0.15, -0.1) is 23.1 Å². The van der Waals surface area contributed by atoms with Crippen LogP contribution in [0.15, 0.2) is 34.5 Å². The molecule has 25 heavy (non-hydrogen) atoms. The van der Waals surface area contributed by atoms with E-state index in [0.717, 1.165) is 21.1 Å². The summed E-state index contributed by atoms with van der Waals surface area (Å²) in [5, 5.41) is 5.45. The molecule has 1 N–H and O–H groups in total. The molecule has 0 spiro atoms. The highest BCUT2D eigenvalue weighted by molar-refractivity contribution is 8.00. The average Bonchev–Trinajstić information content (AvgIpc) is 3.22. The Morgan fingerprint density at radius 3 is 2.88 bits per heavy atom. The van der Waals surface area contributed by atoms with Gasteiger partial charge in [0.1, 0.15) is 16.8 Å². The molecule has 0 radical (unpaired) electrons. The topological polar surface area (TPSA) is 79.4 Å². The van der Waals surface area contributed by atoms with Crippen molar-refractivity contribution in [3.05, 3.63) is 46.2 Å². The Bertz CT molecular complexity index is 885. The van der Waals surface area contributed by atoms with Crippen LogP contribution in [0.5, 0.6) is 0 Å². The van der Waals surface area contributed by atoms with Crippen LogP contribution in [0, 0.1) is 12.7 Å². The average molecular weight is 402 g/mol. The van der Waals surface area contributed by atoms with Crippen molar-refractivity contribution in [2.75, 3.05) is 11.6 Å². The fraction of sp³-hybridized carbons (Fsp3) is 0.333. The molecule has 1 aromatic heterocycles. The minimum absolute atomic E-state index is 0.116. The Morgan fingerprint density at radius 2 is 2.20 bits per heavy atom. The molecule has 1 aromatic carbocycles. The van der Waals surface area contributed by atoms with Crippen LogP contribution in [0.4, 0.5) is 4.39 Å². The van der Waals surface area contributed by atoms with Crippen molar-refractivity contribution in [3.8, 4) is 0 Å². The van der Waals surface area contributed by atoms with E-state index in [1.165, 1.54) is 41.3 Å². The second-order valence-corrected chi connectivity index (χ2v) is 9.33. The van der Waals surface area contributed by atoms with Gasteiger partial charge in [-0.3, -0.25) is 4.79 Å². The first-order valence-electron chi connectivity index (χ1n) is 7.42. The van der Waals surface area contributed by atoms with Gasteiger partial charge in [0.05, 0.1) is 23.1 Å². The summed E-state index contributed by atoms with van der Waals surface area (Å²) >= 11 is 2.80. The third-order valence-electron chi connectivity index (χ3n) is 3.68. The van der Waals surface area contributed by atoms with E-state index in [2.05, 4.69) is 10.3 Å². The Hall–Kier alpha value is -1.49. The molecule has 3 rings (SSSR count). The molecule has 1 aliphatic heterocycles. The molecule has 2 heterocycles. The normalized spacial score (nSPS) is 18.4. The molecule has 1 atom stereocenters. The van der Waals surface area contributed by atoms with Crippen molar-refractivity contribution in [1.82, 2.24) is 14.6 Å². The summed E-state index contributed by atoms with van der Waals surface area (Å²) in [5.74, 6) is -0.785. The Labute approximate surface area is 153 Å². The van der Waals surface area contributed by atoms with Crippen molar-refractivity contribution in [2.24, 2.45) is 0 Å². The highest BCUT2D eigenvalue weighted by Gasteiger charge is 2.40. The summed E-state index contributed by atoms with van der Waals surface area (Å²) in [5.41, 5.74) is 0.727. The molecule has 10 heteroatoms. The monoisotopic (exact) mass is 401 g/mol. The Kier molecular flexibility index (Phi) is 5.42. The lowest BCUT2D eigenvalue weighted by Crippen LogP contribution is -2.47. The van der Waals surface area contributed by atoms with Crippen molar-refractivity contribution >= 4 is 39.0 Å². The van der Waals surface area contributed by atoms with E-state index in [9.17, 15) is 17.6 Å². The maximum atomic E-state index is 13.9. The molecule has 1 amide bonds. The van der Waals surface area contributed by atoms with E-state index in [1.54, 1.807) is 0 Å². The van der Waals surface area contributed by atoms with Gasteiger partial charge in [-0.2, -0.15) is 4.31 Å². The number of benzene rings is 1. The number of aromatic nitrogens is 1. The number of carbonyl (C=O) groups is 1. The number of sulfonamides is 1. The van der Waals surface area contributed by atoms with E-state index < -0.39 is 32.7 Å². The van der Waals surface area contributed by atoms with Crippen molar-refractivity contribution < 1.29 is 17.6 Å². The molecular formula is C15H16FN3O3S3. The van der Waals surface area contributed by atoms with Gasteiger partial charge in [-0.05, 0) is 19.1 Å². The number of thioether (sulfide) groups is 1. The maximum absolute atomic E-state index is 13.9. The van der Waals surface area contributed by atoms with Gasteiger partial charge >= 0.3 is 0 Å². The summed E-state index contributed by atoms with van der Waals surface area (Å²) in [6.07, 6.45) is 0. The number of hydrogen-bond acceptors (Lipinski definition) is 6. The number of amides is 1. The summed E-state index contributed by atoms with van der Waals surface area (Å²) in [6.45, 7) is 2.10. The van der Waals surface area contributed by atoms with Gasteiger partial charge in [0.2, 0.25) is 15.9 Å². The predicted molar refractivity (Wildman–Crippen MR) is 95.2 cm³/mol. The van der Waals surface area contributed by atoms with Gasteiger partial charge in [0.15, 0.2) is 0 Å². The van der Waals surface area contributed by atoms with Crippen LogP contribution in [0.2, 0.25) is 0 Å². The molecule has 1 aliphatic rings. The number of hydrogen-bond donors (Lipinski definition) is 1.